The van der Waals surface area contributed by atoms with Crippen LogP contribution in [0.25, 0.3) is 0 Å². The Bertz CT molecular complexity index is 327. The molecule has 3 heteroatoms. The van der Waals surface area contributed by atoms with E-state index in [4.69, 9.17) is 4.74 Å². The lowest BCUT2D eigenvalue weighted by Gasteiger charge is -2.20. The van der Waals surface area contributed by atoms with Crippen LogP contribution in [-0.2, 0) is 6.42 Å². The van der Waals surface area contributed by atoms with E-state index >= 15 is 0 Å². The Balaban J connectivity index is 2.10. The van der Waals surface area contributed by atoms with Gasteiger partial charge in [0.1, 0.15) is 5.75 Å². The summed E-state index contributed by atoms with van der Waals surface area (Å²) in [5.74, 6) is 0.918. The molecule has 0 spiro atoms. The number of ether oxygens (including phenoxy) is 1. The van der Waals surface area contributed by atoms with Gasteiger partial charge < -0.3 is 15.4 Å². The zero-order chi connectivity index (χ0) is 13.4. The number of benzene rings is 1. The Hall–Kier alpha value is -1.06. The Morgan fingerprint density at radius 3 is 2.22 bits per heavy atom. The maximum atomic E-state index is 5.13. The van der Waals surface area contributed by atoms with Gasteiger partial charge >= 0.3 is 0 Å². The zero-order valence-electron chi connectivity index (χ0n) is 12.0. The van der Waals surface area contributed by atoms with Crippen LogP contribution in [0.3, 0.4) is 0 Å². The van der Waals surface area contributed by atoms with Gasteiger partial charge in [-0.1, -0.05) is 12.1 Å². The molecule has 0 atom stereocenters. The van der Waals surface area contributed by atoms with Crippen LogP contribution in [0.2, 0.25) is 0 Å². The van der Waals surface area contributed by atoms with E-state index < -0.39 is 0 Å². The predicted molar refractivity (Wildman–Crippen MR) is 77.3 cm³/mol. The second-order valence-electron chi connectivity index (χ2n) is 5.52. The van der Waals surface area contributed by atoms with Gasteiger partial charge in [0.05, 0.1) is 7.11 Å². The van der Waals surface area contributed by atoms with Crippen molar-refractivity contribution in [2.45, 2.75) is 32.7 Å². The molecule has 18 heavy (non-hydrogen) atoms. The summed E-state index contributed by atoms with van der Waals surface area (Å²) in [6, 6.07) is 8.26. The first kappa shape index (κ1) is 15.0. The maximum Gasteiger partial charge on any atom is 0.118 e. The highest BCUT2D eigenvalue weighted by atomic mass is 16.5. The molecule has 1 rings (SSSR count). The van der Waals surface area contributed by atoms with Gasteiger partial charge in [0.15, 0.2) is 0 Å². The van der Waals surface area contributed by atoms with Crippen molar-refractivity contribution in [2.75, 3.05) is 26.7 Å². The SMILES string of the molecule is COc1ccc(CCNCCNC(C)(C)C)cc1. The van der Waals surface area contributed by atoms with Crippen molar-refractivity contribution >= 4 is 0 Å². The van der Waals surface area contributed by atoms with E-state index in [1.54, 1.807) is 7.11 Å². The molecule has 0 aliphatic carbocycles. The molecule has 0 saturated carbocycles. The van der Waals surface area contributed by atoms with Crippen molar-refractivity contribution in [2.24, 2.45) is 0 Å². The van der Waals surface area contributed by atoms with Crippen molar-refractivity contribution < 1.29 is 4.74 Å². The Labute approximate surface area is 111 Å². The van der Waals surface area contributed by atoms with Crippen LogP contribution in [-0.4, -0.2) is 32.3 Å². The van der Waals surface area contributed by atoms with Crippen molar-refractivity contribution in [1.29, 1.82) is 0 Å². The molecule has 0 aliphatic heterocycles. The van der Waals surface area contributed by atoms with Crippen LogP contribution in [0.15, 0.2) is 24.3 Å². The van der Waals surface area contributed by atoms with E-state index in [1.165, 1.54) is 5.56 Å². The Kier molecular flexibility index (Phi) is 6.16. The molecule has 0 aliphatic rings. The summed E-state index contributed by atoms with van der Waals surface area (Å²) in [7, 11) is 1.69. The Morgan fingerprint density at radius 1 is 1.00 bits per heavy atom. The van der Waals surface area contributed by atoms with E-state index in [1.807, 2.05) is 12.1 Å². The average molecular weight is 250 g/mol. The summed E-state index contributed by atoms with van der Waals surface area (Å²) in [6.45, 7) is 9.58. The molecule has 1 aromatic carbocycles. The molecular weight excluding hydrogens is 224 g/mol. The number of hydrogen-bond acceptors (Lipinski definition) is 3. The van der Waals surface area contributed by atoms with Gasteiger partial charge in [0, 0.05) is 18.6 Å². The third-order valence-electron chi connectivity index (χ3n) is 2.71. The molecule has 0 radical (unpaired) electrons. The number of methoxy groups -OCH3 is 1. The molecule has 0 amide bonds. The van der Waals surface area contributed by atoms with Crippen LogP contribution in [0.4, 0.5) is 0 Å². The lowest BCUT2D eigenvalue weighted by Crippen LogP contribution is -2.40. The van der Waals surface area contributed by atoms with Gasteiger partial charge in [0.2, 0.25) is 0 Å². The quantitative estimate of drug-likeness (QED) is 0.728. The first-order valence-electron chi connectivity index (χ1n) is 6.60. The van der Waals surface area contributed by atoms with Crippen molar-refractivity contribution in [3.05, 3.63) is 29.8 Å². The predicted octanol–water partition coefficient (Wildman–Crippen LogP) is 2.22. The molecule has 0 bridgehead atoms. The maximum absolute atomic E-state index is 5.13. The standard InChI is InChI=1S/C15H26N2O/c1-15(2,3)17-12-11-16-10-9-13-5-7-14(18-4)8-6-13/h5-8,16-17H,9-12H2,1-4H3. The van der Waals surface area contributed by atoms with E-state index in [0.717, 1.165) is 31.8 Å². The molecule has 2 N–H and O–H groups in total. The lowest BCUT2D eigenvalue weighted by atomic mass is 10.1. The number of hydrogen-bond donors (Lipinski definition) is 2. The molecule has 0 saturated heterocycles. The largest absolute Gasteiger partial charge is 0.497 e. The van der Waals surface area contributed by atoms with Crippen LogP contribution in [0.1, 0.15) is 26.3 Å². The molecule has 1 aromatic rings. The fourth-order valence-corrected chi connectivity index (χ4v) is 1.68. The first-order valence-corrected chi connectivity index (χ1v) is 6.60. The summed E-state index contributed by atoms with van der Waals surface area (Å²) < 4.78 is 5.13. The molecule has 0 fully saturated rings. The fourth-order valence-electron chi connectivity index (χ4n) is 1.68. The molecular formula is C15H26N2O. The topological polar surface area (TPSA) is 33.3 Å². The molecule has 0 heterocycles. The molecule has 0 unspecified atom stereocenters. The summed E-state index contributed by atoms with van der Waals surface area (Å²) in [5.41, 5.74) is 1.55. The number of nitrogens with one attached hydrogen (secondary N) is 2. The monoisotopic (exact) mass is 250 g/mol. The molecule has 102 valence electrons. The first-order chi connectivity index (χ1) is 8.51. The van der Waals surface area contributed by atoms with Crippen LogP contribution < -0.4 is 15.4 Å². The lowest BCUT2D eigenvalue weighted by molar-refractivity contribution is 0.414. The van der Waals surface area contributed by atoms with Crippen LogP contribution in [0.5, 0.6) is 5.75 Å². The fraction of sp³-hybridized carbons (Fsp3) is 0.600. The summed E-state index contributed by atoms with van der Waals surface area (Å²) in [6.07, 6.45) is 1.06. The Morgan fingerprint density at radius 2 is 1.67 bits per heavy atom. The summed E-state index contributed by atoms with van der Waals surface area (Å²) in [5, 5.41) is 6.90. The van der Waals surface area contributed by atoms with Gasteiger partial charge in [-0.05, 0) is 51.4 Å². The van der Waals surface area contributed by atoms with Gasteiger partial charge in [-0.3, -0.25) is 0 Å². The van der Waals surface area contributed by atoms with Crippen LogP contribution >= 0.6 is 0 Å². The van der Waals surface area contributed by atoms with E-state index in [-0.39, 0.29) is 5.54 Å². The van der Waals surface area contributed by atoms with Crippen molar-refractivity contribution in [3.8, 4) is 5.75 Å². The third-order valence-corrected chi connectivity index (χ3v) is 2.71. The second-order valence-corrected chi connectivity index (χ2v) is 5.52. The van der Waals surface area contributed by atoms with E-state index in [0.29, 0.717) is 0 Å². The van der Waals surface area contributed by atoms with Crippen molar-refractivity contribution in [1.82, 2.24) is 10.6 Å². The smallest absolute Gasteiger partial charge is 0.118 e. The highest BCUT2D eigenvalue weighted by Crippen LogP contribution is 2.11. The summed E-state index contributed by atoms with van der Waals surface area (Å²) in [4.78, 5) is 0. The average Bonchev–Trinajstić information content (AvgIpc) is 2.33. The normalized spacial score (nSPS) is 11.6. The molecule has 0 aromatic heterocycles. The van der Waals surface area contributed by atoms with Gasteiger partial charge in [0.25, 0.3) is 0 Å². The second kappa shape index (κ2) is 7.39. The minimum absolute atomic E-state index is 0.206. The van der Waals surface area contributed by atoms with E-state index in [9.17, 15) is 0 Å². The highest BCUT2D eigenvalue weighted by molar-refractivity contribution is 5.27. The van der Waals surface area contributed by atoms with E-state index in [2.05, 4.69) is 43.5 Å². The minimum atomic E-state index is 0.206. The number of rotatable bonds is 7. The van der Waals surface area contributed by atoms with Gasteiger partial charge in [-0.2, -0.15) is 0 Å². The minimum Gasteiger partial charge on any atom is -0.497 e. The van der Waals surface area contributed by atoms with Gasteiger partial charge in [-0.15, -0.1) is 0 Å². The highest BCUT2D eigenvalue weighted by Gasteiger charge is 2.06. The molecule has 3 nitrogen and oxygen atoms in total. The zero-order valence-corrected chi connectivity index (χ0v) is 12.0. The third kappa shape index (κ3) is 6.62. The van der Waals surface area contributed by atoms with Gasteiger partial charge in [-0.25, -0.2) is 0 Å². The van der Waals surface area contributed by atoms with Crippen LogP contribution in [0, 0.1) is 0 Å². The van der Waals surface area contributed by atoms with Crippen molar-refractivity contribution in [3.63, 3.8) is 0 Å². The summed E-state index contributed by atoms with van der Waals surface area (Å²) >= 11 is 0.